The number of thiophene rings is 3. The minimum Gasteiger partial charge on any atom is -0.217 e. The van der Waals surface area contributed by atoms with Crippen LogP contribution in [-0.4, -0.2) is 15.0 Å². The molecule has 3 nitrogen and oxygen atoms in total. The van der Waals surface area contributed by atoms with E-state index in [1.165, 1.54) is 72.0 Å². The van der Waals surface area contributed by atoms with Crippen molar-refractivity contribution in [2.45, 2.75) is 20.8 Å². The van der Waals surface area contributed by atoms with Gasteiger partial charge in [-0.05, 0) is 90.3 Å². The van der Waals surface area contributed by atoms with Crippen molar-refractivity contribution in [1.29, 1.82) is 0 Å². The predicted octanol–water partition coefficient (Wildman–Crippen LogP) is 13.5. The summed E-state index contributed by atoms with van der Waals surface area (Å²) in [6, 6.07) is 35.3. The van der Waals surface area contributed by atoms with E-state index in [1.54, 1.807) is 17.7 Å². The van der Waals surface area contributed by atoms with E-state index >= 15 is 0 Å². The standard InChI is InChI=1S/C40H25N3S3.C2H6/c1-3-7-27-30-20-25(12-16-35(30)44-33(27)4-2)39-41-22-42-40(43-39)26-13-17-38-32(21-26)31-19-24(11-15-37(31)46-38)23-10-14-36-29(18-23)28-8-5-6-9-34(28)45-36;1-2/h3-22H,2H2,1H3;1-2H3/b7-3-;. The monoisotopic (exact) mass is 673 g/mol. The Morgan fingerprint density at radius 3 is 1.60 bits per heavy atom. The Bertz CT molecular complexity index is 2690. The highest BCUT2D eigenvalue weighted by atomic mass is 32.1. The highest BCUT2D eigenvalue weighted by Crippen LogP contribution is 2.41. The summed E-state index contributed by atoms with van der Waals surface area (Å²) in [5.74, 6) is 1.33. The number of aromatic nitrogens is 3. The molecule has 0 saturated carbocycles. The van der Waals surface area contributed by atoms with Gasteiger partial charge in [-0.25, -0.2) is 15.0 Å². The first-order chi connectivity index (χ1) is 23.7. The topological polar surface area (TPSA) is 38.7 Å². The summed E-state index contributed by atoms with van der Waals surface area (Å²) in [5, 5.41) is 6.30. The van der Waals surface area contributed by atoms with Gasteiger partial charge >= 0.3 is 0 Å². The zero-order valence-electron chi connectivity index (χ0n) is 26.8. The van der Waals surface area contributed by atoms with Crippen LogP contribution in [0.3, 0.4) is 0 Å². The molecule has 5 aromatic carbocycles. The van der Waals surface area contributed by atoms with Crippen molar-refractivity contribution in [3.05, 3.63) is 126 Å². The van der Waals surface area contributed by atoms with Gasteiger partial charge in [0.1, 0.15) is 6.33 Å². The molecule has 0 bridgehead atoms. The molecule has 9 aromatic rings. The molecule has 0 atom stereocenters. The van der Waals surface area contributed by atoms with Gasteiger partial charge in [0.25, 0.3) is 0 Å². The van der Waals surface area contributed by atoms with E-state index in [9.17, 15) is 0 Å². The lowest BCUT2D eigenvalue weighted by atomic mass is 10.0. The van der Waals surface area contributed by atoms with Crippen molar-refractivity contribution < 1.29 is 0 Å². The van der Waals surface area contributed by atoms with Gasteiger partial charge in [0.2, 0.25) is 0 Å². The van der Waals surface area contributed by atoms with Crippen molar-refractivity contribution in [1.82, 2.24) is 15.0 Å². The third kappa shape index (κ3) is 5.13. The Morgan fingerprint density at radius 2 is 1.02 bits per heavy atom. The van der Waals surface area contributed by atoms with Crippen LogP contribution >= 0.6 is 34.0 Å². The minimum atomic E-state index is 0.665. The second kappa shape index (κ2) is 12.5. The summed E-state index contributed by atoms with van der Waals surface area (Å²) in [6.07, 6.45) is 7.76. The lowest BCUT2D eigenvalue weighted by Gasteiger charge is -2.05. The van der Waals surface area contributed by atoms with Crippen LogP contribution in [0.4, 0.5) is 0 Å². The van der Waals surface area contributed by atoms with Gasteiger partial charge in [-0.2, -0.15) is 0 Å². The molecule has 0 unspecified atom stereocenters. The molecule has 4 heterocycles. The van der Waals surface area contributed by atoms with Crippen molar-refractivity contribution in [2.24, 2.45) is 0 Å². The van der Waals surface area contributed by atoms with E-state index in [-0.39, 0.29) is 0 Å². The number of hydrogen-bond acceptors (Lipinski definition) is 6. The second-order valence-electron chi connectivity index (χ2n) is 11.3. The zero-order valence-corrected chi connectivity index (χ0v) is 29.3. The fraction of sp³-hybridized carbons (Fsp3) is 0.0714. The maximum absolute atomic E-state index is 4.96. The predicted molar refractivity (Wildman–Crippen MR) is 213 cm³/mol. The summed E-state index contributed by atoms with van der Waals surface area (Å²) in [5.41, 5.74) is 5.59. The molecule has 0 saturated heterocycles. The summed E-state index contributed by atoms with van der Waals surface area (Å²) in [7, 11) is 0. The largest absolute Gasteiger partial charge is 0.217 e. The zero-order chi connectivity index (χ0) is 32.8. The van der Waals surface area contributed by atoms with Crippen LogP contribution in [0.15, 0.2) is 116 Å². The van der Waals surface area contributed by atoms with E-state index in [1.807, 2.05) is 49.5 Å². The molecular formula is C42H31N3S3. The first-order valence-corrected chi connectivity index (χ1v) is 18.5. The molecule has 0 aliphatic rings. The molecule has 4 aromatic heterocycles. The Labute approximate surface area is 291 Å². The van der Waals surface area contributed by atoms with Gasteiger partial charge in [0, 0.05) is 66.4 Å². The first-order valence-electron chi connectivity index (χ1n) is 16.1. The van der Waals surface area contributed by atoms with Gasteiger partial charge in [-0.1, -0.05) is 69.0 Å². The van der Waals surface area contributed by atoms with Gasteiger partial charge in [-0.15, -0.1) is 34.0 Å². The fourth-order valence-electron chi connectivity index (χ4n) is 6.34. The Morgan fingerprint density at radius 1 is 0.542 bits per heavy atom. The highest BCUT2D eigenvalue weighted by molar-refractivity contribution is 7.26. The van der Waals surface area contributed by atoms with Crippen LogP contribution in [-0.2, 0) is 0 Å². The molecule has 0 N–H and O–H groups in total. The van der Waals surface area contributed by atoms with Gasteiger partial charge in [0.15, 0.2) is 11.6 Å². The summed E-state index contributed by atoms with van der Waals surface area (Å²) >= 11 is 5.43. The number of hydrogen-bond donors (Lipinski definition) is 0. The number of rotatable bonds is 5. The van der Waals surface area contributed by atoms with Crippen LogP contribution in [0.2, 0.25) is 0 Å². The molecule has 0 aliphatic carbocycles. The number of nitrogens with zero attached hydrogens (tertiary/aromatic N) is 3. The average Bonchev–Trinajstić information content (AvgIpc) is 3.82. The van der Waals surface area contributed by atoms with Crippen LogP contribution in [0.1, 0.15) is 31.2 Å². The molecule has 0 aliphatic heterocycles. The van der Waals surface area contributed by atoms with Crippen LogP contribution in [0.5, 0.6) is 0 Å². The van der Waals surface area contributed by atoms with Crippen molar-refractivity contribution in [2.75, 3.05) is 0 Å². The van der Waals surface area contributed by atoms with Gasteiger partial charge < -0.3 is 0 Å². The third-order valence-electron chi connectivity index (χ3n) is 8.54. The molecule has 0 amide bonds. The van der Waals surface area contributed by atoms with E-state index in [0.29, 0.717) is 11.6 Å². The molecule has 232 valence electrons. The van der Waals surface area contributed by atoms with Crippen LogP contribution < -0.4 is 0 Å². The third-order valence-corrected chi connectivity index (χ3v) is 12.0. The van der Waals surface area contributed by atoms with Gasteiger partial charge in [-0.3, -0.25) is 0 Å². The fourth-order valence-corrected chi connectivity index (χ4v) is 9.52. The minimum absolute atomic E-state index is 0.665. The molecular weight excluding hydrogens is 643 g/mol. The number of allylic oxidation sites excluding steroid dienone is 1. The summed E-state index contributed by atoms with van der Waals surface area (Å²) < 4.78 is 6.40. The maximum atomic E-state index is 4.96. The van der Waals surface area contributed by atoms with E-state index in [4.69, 9.17) is 4.98 Å². The van der Waals surface area contributed by atoms with E-state index in [2.05, 4.69) is 126 Å². The number of fused-ring (bicyclic) bond motifs is 7. The molecule has 0 spiro atoms. The first kappa shape index (κ1) is 30.3. The highest BCUT2D eigenvalue weighted by Gasteiger charge is 2.14. The molecule has 48 heavy (non-hydrogen) atoms. The maximum Gasteiger partial charge on any atom is 0.163 e. The molecule has 6 heteroatoms. The SMILES string of the molecule is C=Cc1sc2ccc(-c3ncnc(-c4ccc5sc6ccc(-c7ccc8sc9ccccc9c8c7)cc6c5c4)n3)cc2c1/C=C\C.CC. The quantitative estimate of drug-likeness (QED) is 0.182. The smallest absolute Gasteiger partial charge is 0.163 e. The molecule has 9 rings (SSSR count). The molecule has 0 fully saturated rings. The summed E-state index contributed by atoms with van der Waals surface area (Å²) in [6.45, 7) is 10.1. The number of benzene rings is 5. The Kier molecular flexibility index (Phi) is 7.93. The average molecular weight is 674 g/mol. The lowest BCUT2D eigenvalue weighted by Crippen LogP contribution is -1.95. The summed E-state index contributed by atoms with van der Waals surface area (Å²) in [4.78, 5) is 15.3. The van der Waals surface area contributed by atoms with E-state index < -0.39 is 0 Å². The molecule has 0 radical (unpaired) electrons. The Hall–Kier alpha value is -5.01. The lowest BCUT2D eigenvalue weighted by molar-refractivity contribution is 1.07. The van der Waals surface area contributed by atoms with Crippen molar-refractivity contribution in [3.63, 3.8) is 0 Å². The van der Waals surface area contributed by atoms with Crippen LogP contribution in [0.25, 0.3) is 96.5 Å². The Balaban J connectivity index is 0.00000165. The van der Waals surface area contributed by atoms with Crippen LogP contribution in [0, 0.1) is 0 Å². The normalized spacial score (nSPS) is 11.6. The van der Waals surface area contributed by atoms with Crippen molar-refractivity contribution in [3.8, 4) is 33.9 Å². The van der Waals surface area contributed by atoms with Crippen molar-refractivity contribution >= 4 is 96.6 Å². The van der Waals surface area contributed by atoms with Gasteiger partial charge in [0.05, 0.1) is 0 Å². The van der Waals surface area contributed by atoms with E-state index in [0.717, 1.165) is 11.1 Å². The second-order valence-corrected chi connectivity index (χ2v) is 14.5.